The van der Waals surface area contributed by atoms with E-state index < -0.39 is 23.9 Å². The second kappa shape index (κ2) is 24.2. The minimum absolute atomic E-state index is 0.237. The van der Waals surface area contributed by atoms with Crippen molar-refractivity contribution >= 4 is 45.6 Å². The molecule has 0 unspecified atom stereocenters. The van der Waals surface area contributed by atoms with Gasteiger partial charge < -0.3 is 37.9 Å². The lowest BCUT2D eigenvalue weighted by molar-refractivity contribution is -0.138. The summed E-state index contributed by atoms with van der Waals surface area (Å²) >= 11 is 0. The highest BCUT2D eigenvalue weighted by molar-refractivity contribution is 6.09. The van der Waals surface area contributed by atoms with Crippen molar-refractivity contribution in [1.29, 1.82) is 0 Å². The Bertz CT molecular complexity index is 2570. The van der Waals surface area contributed by atoms with Crippen LogP contribution in [-0.4, -0.2) is 62.4 Å². The number of aromatic nitrogens is 1. The second-order valence-corrected chi connectivity index (χ2v) is 14.7. The molecule has 13 nitrogen and oxygen atoms in total. The summed E-state index contributed by atoms with van der Waals surface area (Å²) in [6.45, 7) is 8.53. The Morgan fingerprint density at radius 3 is 1.40 bits per heavy atom. The van der Waals surface area contributed by atoms with Crippen LogP contribution >= 0.6 is 0 Å². The number of ether oxygens (including phenoxy) is 8. The van der Waals surface area contributed by atoms with Crippen LogP contribution in [0.3, 0.4) is 0 Å². The van der Waals surface area contributed by atoms with Crippen LogP contribution in [0.1, 0.15) is 72.1 Å². The molecule has 0 aliphatic carbocycles. The summed E-state index contributed by atoms with van der Waals surface area (Å²) in [6.07, 6.45) is 9.20. The largest absolute Gasteiger partial charge is 0.497 e. The van der Waals surface area contributed by atoms with Crippen molar-refractivity contribution in [1.82, 2.24) is 4.98 Å². The number of rotatable bonds is 25. The van der Waals surface area contributed by atoms with Gasteiger partial charge >= 0.3 is 23.9 Å². The van der Waals surface area contributed by atoms with E-state index in [1.165, 1.54) is 0 Å². The zero-order valence-corrected chi connectivity index (χ0v) is 36.3. The molecular formula is C52H51NO12. The number of esters is 4. The van der Waals surface area contributed by atoms with Gasteiger partial charge in [-0.1, -0.05) is 13.2 Å². The third-order valence-corrected chi connectivity index (χ3v) is 10.0. The average Bonchev–Trinajstić information content (AvgIpc) is 3.33. The number of nitrogens with zero attached hydrogens (tertiary/aromatic N) is 1. The van der Waals surface area contributed by atoms with E-state index in [9.17, 15) is 19.2 Å². The van der Waals surface area contributed by atoms with Gasteiger partial charge in [0, 0.05) is 29.0 Å². The van der Waals surface area contributed by atoms with Crippen LogP contribution in [0.2, 0.25) is 0 Å². The molecule has 0 aliphatic heterocycles. The van der Waals surface area contributed by atoms with Crippen molar-refractivity contribution in [3.63, 3.8) is 0 Å². The molecule has 336 valence electrons. The lowest BCUT2D eigenvalue weighted by Gasteiger charge is -2.14. The van der Waals surface area contributed by atoms with Crippen LogP contribution in [0.5, 0.6) is 40.4 Å². The Kier molecular flexibility index (Phi) is 17.5. The van der Waals surface area contributed by atoms with Crippen LogP contribution in [0.25, 0.3) is 21.7 Å². The summed E-state index contributed by atoms with van der Waals surface area (Å²) in [5.74, 6) is 1.29. The number of unbranched alkanes of at least 4 members (excludes halogenated alkanes) is 6. The first-order valence-electron chi connectivity index (χ1n) is 21.4. The summed E-state index contributed by atoms with van der Waals surface area (Å²) in [6, 6.07) is 30.9. The summed E-state index contributed by atoms with van der Waals surface area (Å²) in [7, 11) is 1.58. The Labute approximate surface area is 377 Å². The normalized spacial score (nSPS) is 10.7. The van der Waals surface area contributed by atoms with Crippen LogP contribution < -0.4 is 28.4 Å². The maximum Gasteiger partial charge on any atom is 0.343 e. The standard InChI is InChI=1S/C52H51NO12/c1-4-48(54)61-32-12-8-6-10-30-59-39-18-14-36(15-19-39)51(56)64-42-26-28-44-45-29-27-43(35-47(45)53-50(46(44)34-42)63-41-24-22-38(58-3)23-25-41)65-52(57)37-16-20-40(21-17-37)60-31-11-7-9-13-33-62-49(55)5-2/h4-5,14-29,34-35H,1-2,6-13,30-33H2,3H3. The molecule has 0 radical (unpaired) electrons. The molecule has 0 amide bonds. The Morgan fingerprint density at radius 2 is 0.908 bits per heavy atom. The smallest absolute Gasteiger partial charge is 0.343 e. The van der Waals surface area contributed by atoms with Crippen molar-refractivity contribution in [2.24, 2.45) is 0 Å². The van der Waals surface area contributed by atoms with Crippen LogP contribution in [-0.2, 0) is 19.1 Å². The Morgan fingerprint density at radius 1 is 0.477 bits per heavy atom. The summed E-state index contributed by atoms with van der Waals surface area (Å²) in [5.41, 5.74) is 1.19. The molecule has 0 bridgehead atoms. The highest BCUT2D eigenvalue weighted by atomic mass is 16.5. The van der Waals surface area contributed by atoms with Crippen LogP contribution in [0, 0.1) is 0 Å². The van der Waals surface area contributed by atoms with Crippen LogP contribution in [0.15, 0.2) is 135 Å². The van der Waals surface area contributed by atoms with Gasteiger partial charge in [0.15, 0.2) is 0 Å². The van der Waals surface area contributed by atoms with E-state index in [2.05, 4.69) is 13.2 Å². The monoisotopic (exact) mass is 881 g/mol. The summed E-state index contributed by atoms with van der Waals surface area (Å²) < 4.78 is 44.9. The number of pyridine rings is 1. The zero-order valence-electron chi connectivity index (χ0n) is 36.3. The first-order chi connectivity index (χ1) is 31.7. The van der Waals surface area contributed by atoms with Gasteiger partial charge in [-0.05, 0) is 160 Å². The minimum atomic E-state index is -0.554. The minimum Gasteiger partial charge on any atom is -0.497 e. The molecule has 0 saturated heterocycles. The molecule has 13 heteroatoms. The van der Waals surface area contributed by atoms with E-state index in [1.807, 2.05) is 12.1 Å². The molecule has 1 heterocycles. The van der Waals surface area contributed by atoms with Crippen molar-refractivity contribution in [3.8, 4) is 40.4 Å². The first kappa shape index (κ1) is 46.8. The Balaban J connectivity index is 1.08. The quantitative estimate of drug-likeness (QED) is 0.0176. The number of carbonyl (C=O) groups excluding carboxylic acids is 4. The molecule has 0 N–H and O–H groups in total. The molecule has 6 aromatic rings. The highest BCUT2D eigenvalue weighted by Gasteiger charge is 2.17. The van der Waals surface area contributed by atoms with Gasteiger partial charge in [-0.25, -0.2) is 24.2 Å². The first-order valence-corrected chi connectivity index (χ1v) is 21.4. The van der Waals surface area contributed by atoms with E-state index in [4.69, 9.17) is 42.9 Å². The van der Waals surface area contributed by atoms with Crippen LogP contribution in [0.4, 0.5) is 0 Å². The third kappa shape index (κ3) is 14.2. The fraction of sp³-hybridized carbons (Fsp3) is 0.250. The second-order valence-electron chi connectivity index (χ2n) is 14.7. The maximum atomic E-state index is 13.3. The molecule has 0 aliphatic rings. The number of hydrogen-bond donors (Lipinski definition) is 0. The van der Waals surface area contributed by atoms with E-state index in [-0.39, 0.29) is 17.4 Å². The average molecular weight is 882 g/mol. The molecule has 6 rings (SSSR count). The number of fused-ring (bicyclic) bond motifs is 3. The SMILES string of the molecule is C=CC(=O)OCCCCCCOc1ccc(C(=O)Oc2ccc3c(c2)nc(Oc2ccc(OC)cc2)c2cc(OC(=O)c4ccc(OCCCCCCOC(=O)C=C)cc4)ccc23)cc1. The molecule has 5 aromatic carbocycles. The lowest BCUT2D eigenvalue weighted by Crippen LogP contribution is -2.09. The number of methoxy groups -OCH3 is 1. The maximum absolute atomic E-state index is 13.3. The van der Waals surface area contributed by atoms with Crippen molar-refractivity contribution < 1.29 is 57.1 Å². The van der Waals surface area contributed by atoms with Gasteiger partial charge in [0.2, 0.25) is 5.88 Å². The zero-order chi connectivity index (χ0) is 45.8. The predicted octanol–water partition coefficient (Wildman–Crippen LogP) is 11.0. The van der Waals surface area contributed by atoms with Crippen molar-refractivity contribution in [3.05, 3.63) is 146 Å². The predicted molar refractivity (Wildman–Crippen MR) is 245 cm³/mol. The number of carbonyl (C=O) groups is 4. The van der Waals surface area contributed by atoms with Crippen molar-refractivity contribution in [2.75, 3.05) is 33.5 Å². The highest BCUT2D eigenvalue weighted by Crippen LogP contribution is 2.37. The summed E-state index contributed by atoms with van der Waals surface area (Å²) in [5, 5.41) is 2.10. The van der Waals surface area contributed by atoms with E-state index in [1.54, 1.807) is 104 Å². The van der Waals surface area contributed by atoms with Gasteiger partial charge in [0.1, 0.15) is 34.5 Å². The molecule has 0 fully saturated rings. The van der Waals surface area contributed by atoms with Crippen molar-refractivity contribution in [2.45, 2.75) is 51.4 Å². The third-order valence-electron chi connectivity index (χ3n) is 10.0. The van der Waals surface area contributed by atoms with Gasteiger partial charge in [-0.2, -0.15) is 0 Å². The van der Waals surface area contributed by atoms with Gasteiger partial charge in [0.25, 0.3) is 0 Å². The fourth-order valence-electron chi connectivity index (χ4n) is 6.56. The fourth-order valence-corrected chi connectivity index (χ4v) is 6.56. The molecular weight excluding hydrogens is 831 g/mol. The Hall–Kier alpha value is -7.67. The molecule has 1 aromatic heterocycles. The summed E-state index contributed by atoms with van der Waals surface area (Å²) in [4.78, 5) is 53.6. The van der Waals surface area contributed by atoms with E-state index >= 15 is 0 Å². The van der Waals surface area contributed by atoms with E-state index in [0.29, 0.717) is 71.5 Å². The van der Waals surface area contributed by atoms with E-state index in [0.717, 1.165) is 74.3 Å². The van der Waals surface area contributed by atoms with Gasteiger partial charge in [-0.15, -0.1) is 0 Å². The number of hydrogen-bond acceptors (Lipinski definition) is 13. The topological polar surface area (TPSA) is 155 Å². The molecule has 0 spiro atoms. The molecule has 0 saturated carbocycles. The number of benzene rings is 5. The molecule has 0 atom stereocenters. The molecule has 65 heavy (non-hydrogen) atoms. The van der Waals surface area contributed by atoms with Gasteiger partial charge in [0.05, 0.1) is 50.2 Å². The lowest BCUT2D eigenvalue weighted by atomic mass is 10.1. The van der Waals surface area contributed by atoms with Gasteiger partial charge in [-0.3, -0.25) is 0 Å².